The second-order valence-electron chi connectivity index (χ2n) is 5.24. The number of likely N-dealkylation sites (tertiary alicyclic amines) is 1. The van der Waals surface area contributed by atoms with Gasteiger partial charge in [0.2, 0.25) is 0 Å². The summed E-state index contributed by atoms with van der Waals surface area (Å²) in [5.41, 5.74) is 6.26. The van der Waals surface area contributed by atoms with Crippen molar-refractivity contribution in [3.05, 3.63) is 0 Å². The maximum atomic E-state index is 6.09. The summed E-state index contributed by atoms with van der Waals surface area (Å²) in [6.45, 7) is 8.49. The fraction of sp³-hybridized carbons (Fsp3) is 1.00. The van der Waals surface area contributed by atoms with Gasteiger partial charge in [-0.2, -0.15) is 0 Å². The Balaban J connectivity index is 1.95. The highest BCUT2D eigenvalue weighted by atomic mass is 16.5. The van der Waals surface area contributed by atoms with Crippen molar-refractivity contribution >= 4 is 0 Å². The Kier molecular flexibility index (Phi) is 2.82. The van der Waals surface area contributed by atoms with Crippen molar-refractivity contribution in [2.75, 3.05) is 26.3 Å². The van der Waals surface area contributed by atoms with Crippen molar-refractivity contribution in [1.82, 2.24) is 4.90 Å². The Morgan fingerprint density at radius 3 is 2.86 bits per heavy atom. The number of hydrogen-bond donors (Lipinski definition) is 1. The minimum Gasteiger partial charge on any atom is -0.379 e. The van der Waals surface area contributed by atoms with Gasteiger partial charge in [-0.15, -0.1) is 0 Å². The predicted molar refractivity (Wildman–Crippen MR) is 57.2 cm³/mol. The fourth-order valence-electron chi connectivity index (χ4n) is 2.58. The van der Waals surface area contributed by atoms with Crippen LogP contribution in [0, 0.1) is 5.41 Å². The zero-order valence-electron chi connectivity index (χ0n) is 9.33. The van der Waals surface area contributed by atoms with Crippen LogP contribution in [0.25, 0.3) is 0 Å². The second-order valence-corrected chi connectivity index (χ2v) is 5.24. The summed E-state index contributed by atoms with van der Waals surface area (Å²) in [6.07, 6.45) is 2.68. The minimum absolute atomic E-state index is 0.179. The first kappa shape index (κ1) is 10.4. The molecule has 0 aromatic heterocycles. The van der Waals surface area contributed by atoms with Gasteiger partial charge in [0.25, 0.3) is 0 Å². The lowest BCUT2D eigenvalue weighted by Gasteiger charge is -2.34. The van der Waals surface area contributed by atoms with Crippen LogP contribution >= 0.6 is 0 Å². The van der Waals surface area contributed by atoms with Gasteiger partial charge in [0.15, 0.2) is 0 Å². The van der Waals surface area contributed by atoms with Crippen LogP contribution in [0.1, 0.15) is 26.7 Å². The minimum atomic E-state index is 0.179. The maximum absolute atomic E-state index is 6.09. The number of nitrogens with zero attached hydrogens (tertiary/aromatic N) is 1. The lowest BCUT2D eigenvalue weighted by Crippen LogP contribution is -2.47. The molecule has 3 unspecified atom stereocenters. The molecule has 0 bridgehead atoms. The molecule has 0 aliphatic carbocycles. The maximum Gasteiger partial charge on any atom is 0.0624 e. The van der Waals surface area contributed by atoms with Crippen molar-refractivity contribution in [3.63, 3.8) is 0 Å². The molecule has 0 radical (unpaired) electrons. The van der Waals surface area contributed by atoms with E-state index in [0.717, 1.165) is 25.8 Å². The highest BCUT2D eigenvalue weighted by molar-refractivity contribution is 4.94. The number of rotatable bonds is 2. The molecule has 82 valence electrons. The van der Waals surface area contributed by atoms with Crippen LogP contribution < -0.4 is 5.73 Å². The van der Waals surface area contributed by atoms with E-state index < -0.39 is 0 Å². The van der Waals surface area contributed by atoms with Gasteiger partial charge in [-0.1, -0.05) is 6.92 Å². The molecule has 2 N–H and O–H groups in total. The lowest BCUT2D eigenvalue weighted by molar-refractivity contribution is 0.116. The molecule has 2 aliphatic heterocycles. The van der Waals surface area contributed by atoms with Crippen LogP contribution in [0.2, 0.25) is 0 Å². The number of hydrogen-bond acceptors (Lipinski definition) is 3. The average molecular weight is 198 g/mol. The van der Waals surface area contributed by atoms with E-state index in [9.17, 15) is 0 Å². The van der Waals surface area contributed by atoms with E-state index in [1.807, 2.05) is 0 Å². The van der Waals surface area contributed by atoms with E-state index in [0.29, 0.717) is 0 Å². The zero-order chi connectivity index (χ0) is 10.2. The van der Waals surface area contributed by atoms with Crippen molar-refractivity contribution in [1.29, 1.82) is 0 Å². The van der Waals surface area contributed by atoms with Crippen LogP contribution in [0.3, 0.4) is 0 Å². The van der Waals surface area contributed by atoms with Crippen LogP contribution in [-0.2, 0) is 4.74 Å². The molecule has 0 aromatic rings. The van der Waals surface area contributed by atoms with Crippen LogP contribution in [0.5, 0.6) is 0 Å². The summed E-state index contributed by atoms with van der Waals surface area (Å²) < 4.78 is 5.47. The molecule has 14 heavy (non-hydrogen) atoms. The highest BCUT2D eigenvalue weighted by Gasteiger charge is 2.40. The Bertz CT molecular complexity index is 209. The summed E-state index contributed by atoms with van der Waals surface area (Å²) in [4.78, 5) is 2.56. The lowest BCUT2D eigenvalue weighted by atomic mass is 9.85. The van der Waals surface area contributed by atoms with E-state index in [1.165, 1.54) is 19.4 Å². The average Bonchev–Trinajstić information content (AvgIpc) is 2.64. The molecule has 0 saturated carbocycles. The van der Waals surface area contributed by atoms with Gasteiger partial charge in [-0.05, 0) is 26.3 Å². The van der Waals surface area contributed by atoms with E-state index >= 15 is 0 Å². The molecule has 2 aliphatic rings. The molecule has 2 rings (SSSR count). The molecule has 3 heteroatoms. The smallest absolute Gasteiger partial charge is 0.0624 e. The van der Waals surface area contributed by atoms with Gasteiger partial charge in [0.1, 0.15) is 0 Å². The Morgan fingerprint density at radius 2 is 2.36 bits per heavy atom. The van der Waals surface area contributed by atoms with Crippen molar-refractivity contribution in [3.8, 4) is 0 Å². The predicted octanol–water partition coefficient (Wildman–Crippen LogP) is 0.835. The summed E-state index contributed by atoms with van der Waals surface area (Å²) in [5, 5.41) is 0. The molecule has 0 spiro atoms. The Hall–Kier alpha value is -0.120. The topological polar surface area (TPSA) is 38.5 Å². The van der Waals surface area contributed by atoms with Crippen LogP contribution in [-0.4, -0.2) is 43.3 Å². The second kappa shape index (κ2) is 3.80. The SMILES string of the molecule is CC1CCCN1CC1(C)COCC1N. The van der Waals surface area contributed by atoms with E-state index in [2.05, 4.69) is 18.7 Å². The van der Waals surface area contributed by atoms with Gasteiger partial charge in [0.05, 0.1) is 13.2 Å². The number of ether oxygens (including phenoxy) is 1. The normalized spacial score (nSPS) is 44.8. The van der Waals surface area contributed by atoms with E-state index in [1.54, 1.807) is 0 Å². The van der Waals surface area contributed by atoms with Gasteiger partial charge in [-0.25, -0.2) is 0 Å². The molecule has 2 fully saturated rings. The summed E-state index contributed by atoms with van der Waals surface area (Å²) in [7, 11) is 0. The van der Waals surface area contributed by atoms with Crippen LogP contribution in [0.4, 0.5) is 0 Å². The van der Waals surface area contributed by atoms with Crippen molar-refractivity contribution in [2.24, 2.45) is 11.1 Å². The van der Waals surface area contributed by atoms with Gasteiger partial charge < -0.3 is 10.5 Å². The standard InChI is InChI=1S/C11H22N2O/c1-9-4-3-5-13(9)7-11(2)8-14-6-10(11)12/h9-10H,3-8,12H2,1-2H3. The molecule has 0 aromatic carbocycles. The van der Waals surface area contributed by atoms with Gasteiger partial charge >= 0.3 is 0 Å². The zero-order valence-corrected chi connectivity index (χ0v) is 9.33. The summed E-state index contributed by atoms with van der Waals surface area (Å²) in [6, 6.07) is 0.954. The summed E-state index contributed by atoms with van der Waals surface area (Å²) in [5.74, 6) is 0. The molecule has 3 nitrogen and oxygen atoms in total. The molecular formula is C11H22N2O. The largest absolute Gasteiger partial charge is 0.379 e. The van der Waals surface area contributed by atoms with E-state index in [-0.39, 0.29) is 11.5 Å². The van der Waals surface area contributed by atoms with Gasteiger partial charge in [0, 0.05) is 24.0 Å². The molecule has 2 saturated heterocycles. The summed E-state index contributed by atoms with van der Waals surface area (Å²) >= 11 is 0. The number of nitrogens with two attached hydrogens (primary N) is 1. The van der Waals surface area contributed by atoms with E-state index in [4.69, 9.17) is 10.5 Å². The highest BCUT2D eigenvalue weighted by Crippen LogP contribution is 2.30. The monoisotopic (exact) mass is 198 g/mol. The molecule has 3 atom stereocenters. The fourth-order valence-corrected chi connectivity index (χ4v) is 2.58. The van der Waals surface area contributed by atoms with Crippen LogP contribution in [0.15, 0.2) is 0 Å². The quantitative estimate of drug-likeness (QED) is 0.714. The third-order valence-electron chi connectivity index (χ3n) is 3.88. The molecular weight excluding hydrogens is 176 g/mol. The van der Waals surface area contributed by atoms with Gasteiger partial charge in [-0.3, -0.25) is 4.90 Å². The first-order chi connectivity index (χ1) is 6.62. The van der Waals surface area contributed by atoms with Crippen molar-refractivity contribution < 1.29 is 4.74 Å². The Labute approximate surface area is 86.6 Å². The third kappa shape index (κ3) is 1.81. The molecule has 2 heterocycles. The third-order valence-corrected chi connectivity index (χ3v) is 3.88. The molecule has 0 amide bonds. The first-order valence-electron chi connectivity index (χ1n) is 5.69. The Morgan fingerprint density at radius 1 is 1.57 bits per heavy atom. The first-order valence-corrected chi connectivity index (χ1v) is 5.69. The van der Waals surface area contributed by atoms with Crippen molar-refractivity contribution in [2.45, 2.75) is 38.8 Å².